The van der Waals surface area contributed by atoms with Crippen LogP contribution in [0.3, 0.4) is 0 Å². The van der Waals surface area contributed by atoms with Crippen LogP contribution in [0.4, 0.5) is 33.6 Å². The van der Waals surface area contributed by atoms with Crippen LogP contribution in [0.25, 0.3) is 0 Å². The number of aromatic nitrogens is 10. The number of aldehydes is 1. The Morgan fingerprint density at radius 2 is 0.874 bits per heavy atom. The Morgan fingerprint density at radius 3 is 1.16 bits per heavy atom. The third-order valence-corrected chi connectivity index (χ3v) is 76.7. The number of nitrogens with two attached hydrogens (primary N) is 2. The van der Waals surface area contributed by atoms with E-state index < -0.39 is 178 Å². The van der Waals surface area contributed by atoms with E-state index in [0.29, 0.717) is 25.5 Å². The number of halogens is 5. The highest BCUT2D eigenvalue weighted by atomic mass is 33.2. The van der Waals surface area contributed by atoms with Gasteiger partial charge in [0.25, 0.3) is 16.7 Å². The number of anilines is 2. The van der Waals surface area contributed by atoms with Crippen LogP contribution in [0.15, 0.2) is 155 Å². The van der Waals surface area contributed by atoms with Gasteiger partial charge in [0.2, 0.25) is 0 Å². The molecular formula is C66H93F5N12O17P11-. The number of terminal acetylenes is 1. The highest BCUT2D eigenvalue weighted by molar-refractivity contribution is 9.18. The second-order valence-electron chi connectivity index (χ2n) is 25.5. The number of hydrogen-bond donors (Lipinski definition) is 8. The van der Waals surface area contributed by atoms with Gasteiger partial charge < -0.3 is 63.2 Å². The topological polar surface area (TPSA) is 410 Å². The van der Waals surface area contributed by atoms with Crippen molar-refractivity contribution in [3.63, 3.8) is 0 Å². The first-order valence-electron chi connectivity index (χ1n) is 33.8. The molecule has 10 rings (SSSR count). The summed E-state index contributed by atoms with van der Waals surface area (Å²) < 4.78 is 105. The van der Waals surface area contributed by atoms with Gasteiger partial charge in [-0.1, -0.05) is 81.0 Å². The molecule has 0 spiro atoms. The van der Waals surface area contributed by atoms with E-state index in [2.05, 4.69) is 111 Å². The van der Waals surface area contributed by atoms with E-state index in [1.54, 1.807) is 53.7 Å². The van der Waals surface area contributed by atoms with Gasteiger partial charge in [0.1, 0.15) is 51.8 Å². The molecule has 8 unspecified atom stereocenters. The molecule has 5 fully saturated rings. The Kier molecular flexibility index (Phi) is 37.0. The summed E-state index contributed by atoms with van der Waals surface area (Å²) in [7, 11) is 19.3. The average Bonchev–Trinajstić information content (AvgIpc) is 1.64. The van der Waals surface area contributed by atoms with Crippen molar-refractivity contribution in [3.8, 4) is 12.3 Å². The number of H-pyrrole nitrogens is 3. The largest absolute Gasteiger partial charge is 0.472 e. The Bertz CT molecular complexity index is 4620. The number of rotatable bonds is 19. The number of aliphatic hydroxyl groups excluding tert-OH is 3. The zero-order chi connectivity index (χ0) is 83.7. The summed E-state index contributed by atoms with van der Waals surface area (Å²) in [6, 6.07) is 6.11. The van der Waals surface area contributed by atoms with Crippen LogP contribution in [0.2, 0.25) is 0 Å². The molecule has 0 radical (unpaired) electrons. The standard InChI is InChI=1S/C14H18FN3O2.C14H17FN2O4.C14H17FN2O3.C12H14FN3O4.C12H15FN2O4.H12P11/c1-4-7-14(5-2)9(3)11(15)12(20-14)18-8-6-10(16)17-13(18)19;1-4-9(18)14(5-2)8(3)11(15)12(21-14)17-7-6-10(19)16-13(17)20;1-4-7-14(5-2)9(3)11(15)12(20-14)17-8-6-10(18)16-13(17)19;1-2-4-12(6-17)9(18)8(13)10(20-12)16-5-3-7(14)15-11(16)19;1-3-12(6-16)7(2)9(13)10(19-12)15-5-4-8(17)14-11(15)18;1-7-10(6)11(8(2)3)9(4)5/h6-9,11-12H,1,5H2,2-3H3,(H2,16,17,19);1,6-9,11-12,18H,5H2,2-3H3,(H,16,19,20);6-9,11-12H,1,5H2,2-3H3,(H,16,18,19);3-5,8-10,17-18H,1,6H2,(H2,14,15,19);4-7,9-10H,3H2,1-2H3,(H,14,17,18);1-6H2/q;;;;;-1/t9-,11+,12+,14-;8-,9?,11+,12+,14+;9-,11+,12+,14-;8-,9+,10-,12-;7-,9+,10+,12-;/m00010./s1. The van der Waals surface area contributed by atoms with E-state index in [9.17, 15) is 80.4 Å². The SMILES string of the molecule is C#CC(O)[C@]1(CC)O[C@@H](n2ccc(=O)[nH]c2=O)[C@H](F)[C@@H]1C.C=C=C[C@]1(CC)O[C@@H](n2ccc(=O)[nH]c2=O)[C@H](F)[C@@H]1C.C=C=C[C@]1(CC)O[C@@H](n2ccc(N)nc2=O)[C@H](F)[C@@H]1C.C=C=C[C@]1(CO)O[C@@H](n2ccc(N)nc2=O)[C@H](F)[C@@H]1O.CC[C@@]1(C=O)O[C@@H](n2ccc(=O)[nH]c2=O)[C@H](F)[C@@H]1C.P[P-]P(P)P(P(P)P)P(P)P. The molecule has 0 saturated carbocycles. The number of nitrogens with one attached hydrogen (secondary N) is 3. The summed E-state index contributed by atoms with van der Waals surface area (Å²) in [4.78, 5) is 116. The van der Waals surface area contributed by atoms with Crippen LogP contribution in [-0.2, 0) is 28.5 Å². The van der Waals surface area contributed by atoms with E-state index >= 15 is 0 Å². The first kappa shape index (κ1) is 96.8. The zero-order valence-corrected chi connectivity index (χ0v) is 72.9. The van der Waals surface area contributed by atoms with Gasteiger partial charge in [-0.25, -0.2) is 52.9 Å². The van der Waals surface area contributed by atoms with Crippen LogP contribution in [-0.4, -0.2) is 147 Å². The number of hydrogen-bond acceptors (Lipinski definition) is 21. The monoisotopic (exact) mass is 1760 g/mol. The van der Waals surface area contributed by atoms with Crippen molar-refractivity contribution in [1.29, 1.82) is 0 Å². The summed E-state index contributed by atoms with van der Waals surface area (Å²) in [6.07, 6.45) is 1.43. The molecule has 5 aliphatic rings. The highest BCUT2D eigenvalue weighted by Gasteiger charge is 2.59. The maximum atomic E-state index is 14.6. The second kappa shape index (κ2) is 42.4. The normalized spacial score (nSPS) is 31.6. The van der Waals surface area contributed by atoms with Gasteiger partial charge >= 0.3 is 28.4 Å². The quantitative estimate of drug-likeness (QED) is 0.0125. The smallest absolute Gasteiger partial charge is 0.351 e. The molecule has 5 aliphatic heterocycles. The molecule has 5 aromatic rings. The van der Waals surface area contributed by atoms with Gasteiger partial charge in [-0.2, -0.15) is 9.97 Å². The van der Waals surface area contributed by atoms with Gasteiger partial charge in [0, 0.05) is 72.9 Å². The fourth-order valence-electron chi connectivity index (χ4n) is 12.8. The Morgan fingerprint density at radius 1 is 0.559 bits per heavy atom. The van der Waals surface area contributed by atoms with Gasteiger partial charge in [0.05, 0.1) is 6.61 Å². The number of carbonyl (C=O) groups is 1. The number of ether oxygens (including phenoxy) is 5. The number of nitrogens with zero attached hydrogens (tertiary/aromatic N) is 7. The van der Waals surface area contributed by atoms with Crippen LogP contribution >= 0.6 is 89.5 Å². The lowest BCUT2D eigenvalue weighted by Crippen LogP contribution is -2.46. The Labute approximate surface area is 654 Å². The molecule has 45 heteroatoms. The number of nitrogen functional groups attached to an aromatic ring is 2. The predicted molar refractivity (Wildman–Crippen MR) is 444 cm³/mol. The van der Waals surface area contributed by atoms with Crippen molar-refractivity contribution in [2.75, 3.05) is 18.1 Å². The van der Waals surface area contributed by atoms with E-state index in [4.69, 9.17) is 41.6 Å². The van der Waals surface area contributed by atoms with Gasteiger partial charge in [0.15, 0.2) is 68.3 Å². The number of aromatic amines is 3. The molecule has 111 heavy (non-hydrogen) atoms. The molecule has 5 saturated heterocycles. The molecule has 0 amide bonds. The van der Waals surface area contributed by atoms with Crippen molar-refractivity contribution in [3.05, 3.63) is 200 Å². The zero-order valence-electron chi connectivity index (χ0n) is 61.5. The summed E-state index contributed by atoms with van der Waals surface area (Å²) in [5.74, 6) is -0.00445. The molecular weight excluding hydrogens is 1670 g/mol. The van der Waals surface area contributed by atoms with Gasteiger partial charge in [-0.05, 0) is 77.0 Å². The summed E-state index contributed by atoms with van der Waals surface area (Å²) in [6.45, 7) is 24.1. The highest BCUT2D eigenvalue weighted by Crippen LogP contribution is 3.12. The molecule has 0 aromatic carbocycles. The fraction of sp³-hybridized carbons (Fsp3) is 0.515. The first-order chi connectivity index (χ1) is 52.2. The predicted octanol–water partition coefficient (Wildman–Crippen LogP) is 9.30. The van der Waals surface area contributed by atoms with Crippen LogP contribution in [0.1, 0.15) is 112 Å². The summed E-state index contributed by atoms with van der Waals surface area (Å²) in [5, 5.41) is 29.2. The van der Waals surface area contributed by atoms with E-state index in [1.807, 2.05) is 23.8 Å². The average molecular weight is 1760 g/mol. The fourth-order valence-corrected chi connectivity index (χ4v) is 104. The maximum Gasteiger partial charge on any atom is 0.351 e. The van der Waals surface area contributed by atoms with Crippen molar-refractivity contribution in [1.82, 2.24) is 47.8 Å². The lowest BCUT2D eigenvalue weighted by Gasteiger charge is -2.38. The Balaban J connectivity index is 0.000000240. The minimum absolute atomic E-state index is 0.0142. The van der Waals surface area contributed by atoms with Crippen molar-refractivity contribution >= 4 is 107 Å². The van der Waals surface area contributed by atoms with E-state index in [0.717, 1.165) is 47.1 Å². The third-order valence-electron chi connectivity index (χ3n) is 19.5. The molecule has 5 aromatic heterocycles. The van der Waals surface area contributed by atoms with Crippen molar-refractivity contribution < 1.29 is 65.8 Å². The summed E-state index contributed by atoms with van der Waals surface area (Å²) in [5.41, 5.74) is 7.20. The number of alkyl halides is 5. The third kappa shape index (κ3) is 21.7. The minimum atomic E-state index is -1.94. The van der Waals surface area contributed by atoms with Crippen LogP contribution in [0.5, 0.6) is 0 Å². The number of aliphatic hydroxyl groups is 3. The first-order valence-corrected chi connectivity index (χ1v) is 52.5. The van der Waals surface area contributed by atoms with Crippen LogP contribution < -0.4 is 56.6 Å². The van der Waals surface area contributed by atoms with Crippen molar-refractivity contribution in [2.45, 2.75) is 183 Å². The van der Waals surface area contributed by atoms with E-state index in [-0.39, 0.29) is 46.0 Å². The Hall–Kier alpha value is -4.75. The van der Waals surface area contributed by atoms with Gasteiger partial charge in [-0.3, -0.25) is 61.1 Å². The molecule has 10 N–H and O–H groups in total. The van der Waals surface area contributed by atoms with Crippen molar-refractivity contribution in [2.24, 2.45) is 23.7 Å². The molecule has 610 valence electrons. The van der Waals surface area contributed by atoms with E-state index in [1.165, 1.54) is 51.1 Å². The minimum Gasteiger partial charge on any atom is -0.472 e. The molecule has 29 nitrogen and oxygen atoms in total. The molecule has 28 atom stereocenters. The lowest BCUT2D eigenvalue weighted by molar-refractivity contribution is -0.139. The second-order valence-corrected chi connectivity index (χ2v) is 63.6. The maximum absolute atomic E-state index is 14.6. The van der Waals surface area contributed by atoms with Gasteiger partial charge in [-0.15, -0.1) is 68.3 Å². The lowest BCUT2D eigenvalue weighted by atomic mass is 9.81. The van der Waals surface area contributed by atoms with Crippen LogP contribution in [0, 0.1) is 36.0 Å². The molecule has 0 bridgehead atoms. The number of carbonyl (C=O) groups excluding carboxylic acids is 1. The molecule has 0 aliphatic carbocycles. The summed E-state index contributed by atoms with van der Waals surface area (Å²) >= 11 is 0. The molecule has 10 heterocycles.